The molecule has 31 heavy (non-hydrogen) atoms. The number of ketones is 2. The lowest BCUT2D eigenvalue weighted by Gasteiger charge is -2.62. The summed E-state index contributed by atoms with van der Waals surface area (Å²) in [6, 6.07) is 0. The monoisotopic (exact) mass is 424 g/mol. The molecule has 0 aromatic heterocycles. The van der Waals surface area contributed by atoms with Crippen LogP contribution in [0.3, 0.4) is 0 Å². The molecular weight excluding hydrogens is 380 g/mol. The van der Waals surface area contributed by atoms with E-state index in [4.69, 9.17) is 0 Å². The van der Waals surface area contributed by atoms with Crippen molar-refractivity contribution in [1.29, 1.82) is 0 Å². The lowest BCUT2D eigenvalue weighted by molar-refractivity contribution is -0.156. The largest absolute Gasteiger partial charge is 0.299 e. The molecule has 172 valence electrons. The summed E-state index contributed by atoms with van der Waals surface area (Å²) >= 11 is 0. The second kappa shape index (κ2) is 6.57. The van der Waals surface area contributed by atoms with E-state index in [2.05, 4.69) is 40.7 Å². The summed E-state index contributed by atoms with van der Waals surface area (Å²) in [4.78, 5) is 24.2. The molecule has 0 amide bonds. The van der Waals surface area contributed by atoms with E-state index >= 15 is 0 Å². The van der Waals surface area contributed by atoms with Gasteiger partial charge < -0.3 is 0 Å². The lowest BCUT2D eigenvalue weighted by Crippen LogP contribution is -2.57. The molecule has 0 saturated heterocycles. The Balaban J connectivity index is 1.43. The van der Waals surface area contributed by atoms with Gasteiger partial charge in [0.25, 0.3) is 0 Å². The first kappa shape index (κ1) is 21.9. The fraction of sp³-hybridized carbons (Fsp3) is 0.862. The van der Waals surface area contributed by atoms with Crippen molar-refractivity contribution in [2.75, 3.05) is 0 Å². The Morgan fingerprint density at radius 3 is 2.35 bits per heavy atom. The molecule has 5 rings (SSSR count). The first-order valence-electron chi connectivity index (χ1n) is 13.2. The van der Waals surface area contributed by atoms with Crippen molar-refractivity contribution in [3.8, 4) is 0 Å². The van der Waals surface area contributed by atoms with E-state index in [1.807, 2.05) is 0 Å². The highest BCUT2D eigenvalue weighted by Gasteiger charge is 2.82. The zero-order chi connectivity index (χ0) is 22.4. The average Bonchev–Trinajstić information content (AvgIpc) is 3.27. The normalized spacial score (nSPS) is 50.9. The van der Waals surface area contributed by atoms with Crippen LogP contribution in [-0.4, -0.2) is 11.6 Å². The minimum Gasteiger partial charge on any atom is -0.299 e. The maximum atomic E-state index is 12.8. The van der Waals surface area contributed by atoms with Crippen LogP contribution >= 0.6 is 0 Å². The van der Waals surface area contributed by atoms with Crippen molar-refractivity contribution in [3.05, 3.63) is 12.2 Å². The maximum Gasteiger partial charge on any atom is 0.152 e. The Morgan fingerprint density at radius 1 is 0.968 bits per heavy atom. The van der Waals surface area contributed by atoms with Crippen LogP contribution in [0.2, 0.25) is 0 Å². The van der Waals surface area contributed by atoms with E-state index in [9.17, 15) is 9.59 Å². The number of rotatable bonds is 4. The standard InChI is InChI=1S/C29H44O2/c1-19(8-7-9-20(2)30)21-12-14-27(6)23-11-10-22-25(3,4)24(31)13-15-28(22)18-29(23,28)17-16-26(21,27)5/h7,9,19,21-23H,8,10-18H2,1-6H3. The molecule has 5 aliphatic carbocycles. The molecule has 2 nitrogen and oxygen atoms in total. The number of carbonyl (C=O) groups excluding carboxylic acids is 2. The minimum absolute atomic E-state index is 0.107. The fourth-order valence-electron chi connectivity index (χ4n) is 10.7. The van der Waals surface area contributed by atoms with Gasteiger partial charge in [0.05, 0.1) is 0 Å². The van der Waals surface area contributed by atoms with Crippen LogP contribution in [-0.2, 0) is 9.59 Å². The van der Waals surface area contributed by atoms with Gasteiger partial charge in [0.15, 0.2) is 5.78 Å². The quantitative estimate of drug-likeness (QED) is 0.448. The van der Waals surface area contributed by atoms with Crippen molar-refractivity contribution in [1.82, 2.24) is 0 Å². The van der Waals surface area contributed by atoms with Gasteiger partial charge in [-0.05, 0) is 116 Å². The third kappa shape index (κ3) is 2.57. The Bertz CT molecular complexity index is 838. The van der Waals surface area contributed by atoms with Crippen molar-refractivity contribution < 1.29 is 9.59 Å². The van der Waals surface area contributed by atoms with Gasteiger partial charge >= 0.3 is 0 Å². The molecule has 5 aliphatic rings. The van der Waals surface area contributed by atoms with Gasteiger partial charge in [-0.2, -0.15) is 0 Å². The Kier molecular flexibility index (Phi) is 4.64. The molecule has 0 radical (unpaired) electrons. The summed E-state index contributed by atoms with van der Waals surface area (Å²) in [5.74, 6) is 3.58. The predicted molar refractivity (Wildman–Crippen MR) is 125 cm³/mol. The van der Waals surface area contributed by atoms with Gasteiger partial charge in [0, 0.05) is 11.8 Å². The van der Waals surface area contributed by atoms with Crippen LogP contribution in [0.5, 0.6) is 0 Å². The molecule has 0 aromatic carbocycles. The summed E-state index contributed by atoms with van der Waals surface area (Å²) < 4.78 is 0. The van der Waals surface area contributed by atoms with Gasteiger partial charge in [-0.25, -0.2) is 0 Å². The molecule has 0 N–H and O–H groups in total. The van der Waals surface area contributed by atoms with E-state index in [-0.39, 0.29) is 11.2 Å². The van der Waals surface area contributed by atoms with E-state index < -0.39 is 0 Å². The number of hydrogen-bond donors (Lipinski definition) is 0. The topological polar surface area (TPSA) is 34.1 Å². The van der Waals surface area contributed by atoms with Crippen molar-refractivity contribution >= 4 is 11.6 Å². The Labute approximate surface area is 190 Å². The summed E-state index contributed by atoms with van der Waals surface area (Å²) in [5, 5.41) is 0. The molecule has 5 saturated carbocycles. The predicted octanol–water partition coefficient (Wildman–Crippen LogP) is 7.17. The van der Waals surface area contributed by atoms with Crippen LogP contribution in [0, 0.1) is 50.7 Å². The smallest absolute Gasteiger partial charge is 0.152 e. The molecule has 2 heteroatoms. The molecule has 0 aliphatic heterocycles. The van der Waals surface area contributed by atoms with Crippen LogP contribution in [0.1, 0.15) is 106 Å². The molecule has 5 fully saturated rings. The first-order valence-corrected chi connectivity index (χ1v) is 13.2. The Hall–Kier alpha value is -0.920. The minimum atomic E-state index is -0.107. The van der Waals surface area contributed by atoms with E-state index in [1.165, 1.54) is 51.4 Å². The van der Waals surface area contributed by atoms with E-state index in [1.54, 1.807) is 13.0 Å². The zero-order valence-corrected chi connectivity index (χ0v) is 20.9. The average molecular weight is 425 g/mol. The highest BCUT2D eigenvalue weighted by molar-refractivity contribution is 5.87. The number of hydrogen-bond acceptors (Lipinski definition) is 2. The van der Waals surface area contributed by atoms with Crippen molar-refractivity contribution in [2.45, 2.75) is 106 Å². The molecule has 0 heterocycles. The second-order valence-electron chi connectivity index (χ2n) is 13.5. The Morgan fingerprint density at radius 2 is 1.65 bits per heavy atom. The zero-order valence-electron chi connectivity index (χ0n) is 20.9. The maximum absolute atomic E-state index is 12.8. The molecule has 2 spiro atoms. The molecule has 8 atom stereocenters. The molecule has 8 unspecified atom stereocenters. The van der Waals surface area contributed by atoms with Crippen LogP contribution in [0.25, 0.3) is 0 Å². The second-order valence-corrected chi connectivity index (χ2v) is 13.5. The SMILES string of the molecule is CC(=O)C=CCC(C)C1CCC2(C)C3CCC4C(C)(C)C(=O)CCC45CC35CCC12C. The van der Waals surface area contributed by atoms with Gasteiger partial charge in [0.1, 0.15) is 5.78 Å². The van der Waals surface area contributed by atoms with E-state index in [0.29, 0.717) is 39.3 Å². The highest BCUT2D eigenvalue weighted by atomic mass is 16.1. The first-order chi connectivity index (χ1) is 14.4. The summed E-state index contributed by atoms with van der Waals surface area (Å²) in [6.45, 7) is 13.9. The van der Waals surface area contributed by atoms with Crippen molar-refractivity contribution in [2.24, 2.45) is 50.7 Å². The summed E-state index contributed by atoms with van der Waals surface area (Å²) in [5.41, 5.74) is 1.77. The summed E-state index contributed by atoms with van der Waals surface area (Å²) in [7, 11) is 0. The van der Waals surface area contributed by atoms with Crippen LogP contribution < -0.4 is 0 Å². The van der Waals surface area contributed by atoms with Crippen molar-refractivity contribution in [3.63, 3.8) is 0 Å². The molecule has 0 bridgehead atoms. The van der Waals surface area contributed by atoms with Crippen LogP contribution in [0.15, 0.2) is 12.2 Å². The third-order valence-corrected chi connectivity index (χ3v) is 12.5. The van der Waals surface area contributed by atoms with Gasteiger partial charge in [-0.3, -0.25) is 9.59 Å². The number of carbonyl (C=O) groups is 2. The molecular formula is C29H44O2. The van der Waals surface area contributed by atoms with Gasteiger partial charge in [-0.15, -0.1) is 0 Å². The molecule has 0 aromatic rings. The number of fused-ring (bicyclic) bond motifs is 2. The summed E-state index contributed by atoms with van der Waals surface area (Å²) in [6.07, 6.45) is 16.5. The number of allylic oxidation sites excluding steroid dienone is 2. The lowest BCUT2D eigenvalue weighted by atomic mass is 9.42. The van der Waals surface area contributed by atoms with E-state index in [0.717, 1.165) is 24.7 Å². The fourth-order valence-corrected chi connectivity index (χ4v) is 10.7. The van der Waals surface area contributed by atoms with Crippen LogP contribution in [0.4, 0.5) is 0 Å². The highest BCUT2D eigenvalue weighted by Crippen LogP contribution is 2.88. The van der Waals surface area contributed by atoms with Gasteiger partial charge in [-0.1, -0.05) is 40.7 Å². The van der Waals surface area contributed by atoms with Gasteiger partial charge in [0.2, 0.25) is 0 Å². The third-order valence-electron chi connectivity index (χ3n) is 12.5. The number of Topliss-reactive ketones (excluding diaryl/α,β-unsaturated/α-hetero) is 1.